The smallest absolute Gasteiger partial charge is 0.282 e. The fourth-order valence-electron chi connectivity index (χ4n) is 2.71. The maximum Gasteiger partial charge on any atom is 0.282 e. The Labute approximate surface area is 140 Å². The van der Waals surface area contributed by atoms with Crippen LogP contribution in [0.3, 0.4) is 0 Å². The number of fused-ring (bicyclic) bond motifs is 1. The van der Waals surface area contributed by atoms with Gasteiger partial charge in [0.15, 0.2) is 22.5 Å². The summed E-state index contributed by atoms with van der Waals surface area (Å²) in [7, 11) is 1.58. The third-order valence-corrected chi connectivity index (χ3v) is 4.82. The van der Waals surface area contributed by atoms with Gasteiger partial charge in [0.05, 0.1) is 12.9 Å². The first kappa shape index (κ1) is 17.3. The second-order valence-electron chi connectivity index (χ2n) is 5.51. The maximum absolute atomic E-state index is 12.3. The number of aliphatic hydroxyl groups excluding tert-OH is 4. The van der Waals surface area contributed by atoms with Crippen LogP contribution in [0.25, 0.3) is 11.2 Å². The number of imidazole rings is 1. The van der Waals surface area contributed by atoms with Gasteiger partial charge in [-0.25, -0.2) is 9.97 Å². The van der Waals surface area contributed by atoms with Crippen molar-refractivity contribution in [1.29, 1.82) is 0 Å². The summed E-state index contributed by atoms with van der Waals surface area (Å²) in [5.74, 6) is 0. The highest BCUT2D eigenvalue weighted by molar-refractivity contribution is 7.98. The number of aliphatic hydroxyl groups is 4. The van der Waals surface area contributed by atoms with Crippen molar-refractivity contribution < 1.29 is 25.2 Å². The van der Waals surface area contributed by atoms with Crippen molar-refractivity contribution in [2.24, 2.45) is 7.05 Å². The summed E-state index contributed by atoms with van der Waals surface area (Å²) in [5, 5.41) is 39.7. The number of thioether (sulfide) groups is 1. The zero-order valence-corrected chi connectivity index (χ0v) is 13.8. The Morgan fingerprint density at radius 1 is 1.29 bits per heavy atom. The van der Waals surface area contributed by atoms with E-state index in [2.05, 4.69) is 9.97 Å². The lowest BCUT2D eigenvalue weighted by molar-refractivity contribution is -0.250. The van der Waals surface area contributed by atoms with Crippen LogP contribution >= 0.6 is 11.8 Å². The minimum Gasteiger partial charge on any atom is -0.394 e. The Morgan fingerprint density at radius 2 is 2.00 bits per heavy atom. The van der Waals surface area contributed by atoms with E-state index in [0.717, 1.165) is 0 Å². The molecule has 5 atom stereocenters. The third-order valence-electron chi connectivity index (χ3n) is 4.09. The molecule has 132 valence electrons. The van der Waals surface area contributed by atoms with Gasteiger partial charge in [-0.15, -0.1) is 0 Å². The highest BCUT2D eigenvalue weighted by Crippen LogP contribution is 2.30. The summed E-state index contributed by atoms with van der Waals surface area (Å²) in [6.07, 6.45) is -3.64. The molecule has 10 nitrogen and oxygen atoms in total. The van der Waals surface area contributed by atoms with Gasteiger partial charge in [-0.05, 0) is 6.26 Å². The molecule has 11 heteroatoms. The monoisotopic (exact) mass is 358 g/mol. The van der Waals surface area contributed by atoms with Crippen LogP contribution in [0.15, 0.2) is 16.3 Å². The second-order valence-corrected chi connectivity index (χ2v) is 6.28. The first-order valence-corrected chi connectivity index (χ1v) is 8.41. The van der Waals surface area contributed by atoms with E-state index in [9.17, 15) is 25.2 Å². The lowest BCUT2D eigenvalue weighted by Crippen LogP contribution is -2.56. The minimum atomic E-state index is -1.52. The molecule has 1 fully saturated rings. The summed E-state index contributed by atoms with van der Waals surface area (Å²) < 4.78 is 8.16. The van der Waals surface area contributed by atoms with Crippen molar-refractivity contribution in [2.75, 3.05) is 12.9 Å². The zero-order valence-electron chi connectivity index (χ0n) is 13.0. The largest absolute Gasteiger partial charge is 0.394 e. The van der Waals surface area contributed by atoms with E-state index in [1.807, 2.05) is 0 Å². The van der Waals surface area contributed by atoms with Gasteiger partial charge in [-0.3, -0.25) is 13.9 Å². The number of ether oxygens (including phenoxy) is 1. The normalized spacial score (nSPS) is 30.8. The van der Waals surface area contributed by atoms with Gasteiger partial charge >= 0.3 is 0 Å². The van der Waals surface area contributed by atoms with E-state index in [1.54, 1.807) is 13.3 Å². The molecule has 0 bridgehead atoms. The lowest BCUT2D eigenvalue weighted by atomic mass is 9.98. The maximum atomic E-state index is 12.3. The van der Waals surface area contributed by atoms with Crippen LogP contribution in [0, 0.1) is 0 Å². The molecule has 0 radical (unpaired) electrons. The first-order chi connectivity index (χ1) is 11.4. The molecule has 1 saturated heterocycles. The molecule has 2 aromatic rings. The zero-order chi connectivity index (χ0) is 17.6. The van der Waals surface area contributed by atoms with Gasteiger partial charge in [-0.2, -0.15) is 0 Å². The average Bonchev–Trinajstić information content (AvgIpc) is 3.00. The molecule has 1 aliphatic heterocycles. The van der Waals surface area contributed by atoms with Crippen LogP contribution in [0.5, 0.6) is 0 Å². The predicted octanol–water partition coefficient (Wildman–Crippen LogP) is -2.18. The van der Waals surface area contributed by atoms with Gasteiger partial charge in [0.25, 0.3) is 5.56 Å². The van der Waals surface area contributed by atoms with Gasteiger partial charge < -0.3 is 25.2 Å². The van der Waals surface area contributed by atoms with Crippen molar-refractivity contribution in [3.05, 3.63) is 16.7 Å². The molecular formula is C13H18N4O6S. The molecule has 0 aromatic carbocycles. The van der Waals surface area contributed by atoms with Gasteiger partial charge in [0, 0.05) is 7.05 Å². The third kappa shape index (κ3) is 2.53. The Morgan fingerprint density at radius 3 is 2.62 bits per heavy atom. The predicted molar refractivity (Wildman–Crippen MR) is 83.6 cm³/mol. The molecule has 0 unspecified atom stereocenters. The van der Waals surface area contributed by atoms with Crippen LogP contribution in [0.2, 0.25) is 0 Å². The van der Waals surface area contributed by atoms with E-state index >= 15 is 0 Å². The minimum absolute atomic E-state index is 0.0901. The molecule has 0 spiro atoms. The summed E-state index contributed by atoms with van der Waals surface area (Å²) in [5.41, 5.74) is -0.0771. The number of nitrogens with zero attached hydrogens (tertiary/aromatic N) is 4. The fourth-order valence-corrected chi connectivity index (χ4v) is 3.24. The molecular weight excluding hydrogens is 340 g/mol. The number of hydrogen-bond acceptors (Lipinski definition) is 9. The highest BCUT2D eigenvalue weighted by atomic mass is 32.2. The molecule has 24 heavy (non-hydrogen) atoms. The Kier molecular flexibility index (Phi) is 4.64. The Bertz CT molecular complexity index is 806. The average molecular weight is 358 g/mol. The van der Waals surface area contributed by atoms with Crippen LogP contribution in [-0.2, 0) is 11.8 Å². The van der Waals surface area contributed by atoms with E-state index in [4.69, 9.17) is 4.74 Å². The van der Waals surface area contributed by atoms with Crippen molar-refractivity contribution in [2.45, 2.75) is 35.8 Å². The molecule has 0 amide bonds. The first-order valence-electron chi connectivity index (χ1n) is 7.18. The van der Waals surface area contributed by atoms with E-state index < -0.39 is 37.3 Å². The SMILES string of the molecule is CSc1nc2c(ncn2[C@H]2O[C@@H](CO)[C@@H](O)[C@@H](O)[C@H]2O)c(=O)n1C. The van der Waals surface area contributed by atoms with Crippen LogP contribution < -0.4 is 5.56 Å². The fraction of sp³-hybridized carbons (Fsp3) is 0.615. The molecule has 0 aliphatic carbocycles. The van der Waals surface area contributed by atoms with Crippen molar-refractivity contribution in [3.8, 4) is 0 Å². The standard InChI is InChI=1S/C13H18N4O6S/c1-16-11(22)6-10(15-13(16)24-2)17(4-14-6)12-9(21)8(20)7(19)5(3-18)23-12/h4-5,7-9,12,18-21H,3H2,1-2H3/t5-,7+,8+,9+,12-/m0/s1. The van der Waals surface area contributed by atoms with Gasteiger partial charge in [0.2, 0.25) is 0 Å². The molecule has 3 heterocycles. The number of aromatic nitrogens is 4. The van der Waals surface area contributed by atoms with Crippen molar-refractivity contribution >= 4 is 22.9 Å². The summed E-state index contributed by atoms with van der Waals surface area (Å²) in [6.45, 7) is -0.542. The Hall–Kier alpha value is -1.50. The van der Waals surface area contributed by atoms with Crippen LogP contribution in [0.1, 0.15) is 6.23 Å². The molecule has 0 saturated carbocycles. The quantitative estimate of drug-likeness (QED) is 0.356. The Balaban J connectivity index is 2.12. The number of rotatable bonds is 3. The van der Waals surface area contributed by atoms with Crippen LogP contribution in [0.4, 0.5) is 0 Å². The number of hydrogen-bond donors (Lipinski definition) is 4. The topological polar surface area (TPSA) is 143 Å². The lowest BCUT2D eigenvalue weighted by Gasteiger charge is -2.40. The van der Waals surface area contributed by atoms with Gasteiger partial charge in [0.1, 0.15) is 24.4 Å². The molecule has 3 rings (SSSR count). The second kappa shape index (κ2) is 6.43. The van der Waals surface area contributed by atoms with Gasteiger partial charge in [-0.1, -0.05) is 11.8 Å². The van der Waals surface area contributed by atoms with E-state index in [-0.39, 0.29) is 16.7 Å². The van der Waals surface area contributed by atoms with E-state index in [1.165, 1.54) is 27.2 Å². The summed E-state index contributed by atoms with van der Waals surface area (Å²) in [6, 6.07) is 0. The summed E-state index contributed by atoms with van der Waals surface area (Å²) >= 11 is 1.27. The molecule has 2 aromatic heterocycles. The summed E-state index contributed by atoms with van der Waals surface area (Å²) in [4.78, 5) is 20.7. The van der Waals surface area contributed by atoms with E-state index in [0.29, 0.717) is 5.16 Å². The van der Waals surface area contributed by atoms with Crippen LogP contribution in [-0.4, -0.2) is 76.8 Å². The highest BCUT2D eigenvalue weighted by Gasteiger charge is 2.44. The van der Waals surface area contributed by atoms with Crippen molar-refractivity contribution in [1.82, 2.24) is 19.1 Å². The van der Waals surface area contributed by atoms with Crippen molar-refractivity contribution in [3.63, 3.8) is 0 Å². The molecule has 4 N–H and O–H groups in total. The molecule has 1 aliphatic rings.